The number of aryl methyl sites for hydroxylation is 1. The molecular weight excluding hydrogens is 290 g/mol. The standard InChI is InChI=1S/C17H23N5O/c1-12(2)16-19-8-10-22(16)14-5-4-9-21(11-14)17(23)15-6-7-18-13(3)20-15/h6-8,10,12,14H,4-5,9,11H2,1-3H3/t14-/m0/s1. The topological polar surface area (TPSA) is 63.9 Å². The molecule has 3 rings (SSSR count). The van der Waals surface area contributed by atoms with Gasteiger partial charge in [-0.15, -0.1) is 0 Å². The van der Waals surface area contributed by atoms with Crippen LogP contribution in [0.3, 0.4) is 0 Å². The zero-order valence-corrected chi connectivity index (χ0v) is 13.9. The minimum atomic E-state index is -0.00795. The van der Waals surface area contributed by atoms with Crippen molar-refractivity contribution >= 4 is 5.91 Å². The van der Waals surface area contributed by atoms with Crippen LogP contribution in [-0.4, -0.2) is 43.4 Å². The molecule has 0 radical (unpaired) electrons. The number of hydrogen-bond acceptors (Lipinski definition) is 4. The van der Waals surface area contributed by atoms with Gasteiger partial charge < -0.3 is 9.47 Å². The summed E-state index contributed by atoms with van der Waals surface area (Å²) in [4.78, 5) is 27.4. The molecule has 6 heteroatoms. The molecule has 3 heterocycles. The summed E-state index contributed by atoms with van der Waals surface area (Å²) < 4.78 is 2.23. The molecule has 23 heavy (non-hydrogen) atoms. The molecule has 0 aromatic carbocycles. The molecule has 1 saturated heterocycles. The highest BCUT2D eigenvalue weighted by atomic mass is 16.2. The van der Waals surface area contributed by atoms with Crippen molar-refractivity contribution < 1.29 is 4.79 Å². The van der Waals surface area contributed by atoms with Crippen molar-refractivity contribution in [3.05, 3.63) is 42.0 Å². The number of amides is 1. The van der Waals surface area contributed by atoms with Crippen LogP contribution in [-0.2, 0) is 0 Å². The number of rotatable bonds is 3. The third-order valence-electron chi connectivity index (χ3n) is 4.29. The number of nitrogens with zero attached hydrogens (tertiary/aromatic N) is 5. The molecule has 1 aliphatic rings. The van der Waals surface area contributed by atoms with Gasteiger partial charge in [-0.3, -0.25) is 4.79 Å². The summed E-state index contributed by atoms with van der Waals surface area (Å²) in [5.41, 5.74) is 0.480. The molecule has 2 aromatic heterocycles. The Morgan fingerprint density at radius 2 is 2.13 bits per heavy atom. The Morgan fingerprint density at radius 3 is 2.87 bits per heavy atom. The SMILES string of the molecule is Cc1nccc(C(=O)N2CCC[C@H](n3ccnc3C(C)C)C2)n1. The molecule has 1 fully saturated rings. The largest absolute Gasteiger partial charge is 0.335 e. The Labute approximate surface area is 136 Å². The second kappa shape index (κ2) is 6.48. The van der Waals surface area contributed by atoms with Crippen molar-refractivity contribution in [3.63, 3.8) is 0 Å². The smallest absolute Gasteiger partial charge is 0.272 e. The number of carbonyl (C=O) groups is 1. The van der Waals surface area contributed by atoms with E-state index in [0.29, 0.717) is 24.0 Å². The maximum absolute atomic E-state index is 12.7. The van der Waals surface area contributed by atoms with Crippen LogP contribution < -0.4 is 0 Å². The molecule has 0 saturated carbocycles. The van der Waals surface area contributed by atoms with E-state index in [-0.39, 0.29) is 11.9 Å². The van der Waals surface area contributed by atoms with Gasteiger partial charge in [0, 0.05) is 37.6 Å². The van der Waals surface area contributed by atoms with Gasteiger partial charge in [-0.1, -0.05) is 13.8 Å². The molecule has 6 nitrogen and oxygen atoms in total. The van der Waals surface area contributed by atoms with Gasteiger partial charge in [0.1, 0.15) is 17.3 Å². The number of hydrogen-bond donors (Lipinski definition) is 0. The van der Waals surface area contributed by atoms with Crippen molar-refractivity contribution in [2.45, 2.75) is 45.6 Å². The Kier molecular flexibility index (Phi) is 4.41. The predicted octanol–water partition coefficient (Wildman–Crippen LogP) is 2.58. The Hall–Kier alpha value is -2.24. The molecule has 2 aromatic rings. The highest BCUT2D eigenvalue weighted by molar-refractivity contribution is 5.92. The van der Waals surface area contributed by atoms with Gasteiger partial charge >= 0.3 is 0 Å². The van der Waals surface area contributed by atoms with E-state index in [9.17, 15) is 4.79 Å². The lowest BCUT2D eigenvalue weighted by Crippen LogP contribution is -2.41. The van der Waals surface area contributed by atoms with E-state index in [1.54, 1.807) is 19.2 Å². The van der Waals surface area contributed by atoms with Crippen LogP contribution in [0.4, 0.5) is 0 Å². The maximum atomic E-state index is 12.7. The van der Waals surface area contributed by atoms with Crippen LogP contribution in [0.2, 0.25) is 0 Å². The first-order valence-corrected chi connectivity index (χ1v) is 8.18. The fraction of sp³-hybridized carbons (Fsp3) is 0.529. The molecule has 0 unspecified atom stereocenters. The first kappa shape index (κ1) is 15.6. The predicted molar refractivity (Wildman–Crippen MR) is 87.3 cm³/mol. The average Bonchev–Trinajstić information content (AvgIpc) is 3.04. The molecule has 1 aliphatic heterocycles. The lowest BCUT2D eigenvalue weighted by Gasteiger charge is -2.34. The van der Waals surface area contributed by atoms with E-state index in [1.165, 1.54) is 0 Å². The van der Waals surface area contributed by atoms with E-state index < -0.39 is 0 Å². The number of imidazole rings is 1. The molecule has 0 bridgehead atoms. The number of likely N-dealkylation sites (tertiary alicyclic amines) is 1. The second-order valence-electron chi connectivity index (χ2n) is 6.38. The summed E-state index contributed by atoms with van der Waals surface area (Å²) in [6.07, 6.45) is 7.59. The van der Waals surface area contributed by atoms with Gasteiger partial charge in [0.25, 0.3) is 5.91 Å². The van der Waals surface area contributed by atoms with Gasteiger partial charge in [-0.05, 0) is 25.8 Å². The van der Waals surface area contributed by atoms with Gasteiger partial charge in [-0.2, -0.15) is 0 Å². The van der Waals surface area contributed by atoms with Crippen molar-refractivity contribution in [2.75, 3.05) is 13.1 Å². The minimum absolute atomic E-state index is 0.00795. The summed E-state index contributed by atoms with van der Waals surface area (Å²) in [6.45, 7) is 7.58. The highest BCUT2D eigenvalue weighted by Gasteiger charge is 2.27. The van der Waals surface area contributed by atoms with Crippen LogP contribution in [0.5, 0.6) is 0 Å². The Balaban J connectivity index is 1.78. The van der Waals surface area contributed by atoms with Crippen LogP contribution in [0, 0.1) is 6.92 Å². The second-order valence-corrected chi connectivity index (χ2v) is 6.38. The average molecular weight is 313 g/mol. The van der Waals surface area contributed by atoms with E-state index in [4.69, 9.17) is 0 Å². The number of carbonyl (C=O) groups excluding carboxylic acids is 1. The van der Waals surface area contributed by atoms with E-state index in [0.717, 1.165) is 25.2 Å². The first-order valence-electron chi connectivity index (χ1n) is 8.18. The molecule has 0 N–H and O–H groups in total. The number of piperidine rings is 1. The third kappa shape index (κ3) is 3.25. The fourth-order valence-electron chi connectivity index (χ4n) is 3.18. The van der Waals surface area contributed by atoms with Crippen molar-refractivity contribution in [3.8, 4) is 0 Å². The molecule has 1 atom stereocenters. The molecule has 0 aliphatic carbocycles. The van der Waals surface area contributed by atoms with E-state index in [1.807, 2.05) is 17.3 Å². The third-order valence-corrected chi connectivity index (χ3v) is 4.29. The maximum Gasteiger partial charge on any atom is 0.272 e. The van der Waals surface area contributed by atoms with Crippen LogP contribution in [0.15, 0.2) is 24.7 Å². The van der Waals surface area contributed by atoms with Crippen molar-refractivity contribution in [1.29, 1.82) is 0 Å². The van der Waals surface area contributed by atoms with Gasteiger partial charge in [-0.25, -0.2) is 15.0 Å². The van der Waals surface area contributed by atoms with Gasteiger partial charge in [0.2, 0.25) is 0 Å². The van der Waals surface area contributed by atoms with Crippen molar-refractivity contribution in [2.24, 2.45) is 0 Å². The minimum Gasteiger partial charge on any atom is -0.335 e. The molecular formula is C17H23N5O. The molecule has 122 valence electrons. The first-order chi connectivity index (χ1) is 11.1. The Morgan fingerprint density at radius 1 is 1.30 bits per heavy atom. The highest BCUT2D eigenvalue weighted by Crippen LogP contribution is 2.26. The van der Waals surface area contributed by atoms with E-state index >= 15 is 0 Å². The quantitative estimate of drug-likeness (QED) is 0.873. The molecule has 0 spiro atoms. The van der Waals surface area contributed by atoms with Crippen LogP contribution in [0.1, 0.15) is 60.8 Å². The fourth-order valence-corrected chi connectivity index (χ4v) is 3.18. The Bertz CT molecular complexity index is 694. The molecule has 1 amide bonds. The lowest BCUT2D eigenvalue weighted by molar-refractivity contribution is 0.0671. The van der Waals surface area contributed by atoms with Gasteiger partial charge in [0.15, 0.2) is 0 Å². The summed E-state index contributed by atoms with van der Waals surface area (Å²) in [7, 11) is 0. The normalized spacial score (nSPS) is 18.4. The monoisotopic (exact) mass is 313 g/mol. The zero-order valence-electron chi connectivity index (χ0n) is 13.9. The summed E-state index contributed by atoms with van der Waals surface area (Å²) in [5.74, 6) is 2.08. The van der Waals surface area contributed by atoms with Gasteiger partial charge in [0.05, 0.1) is 6.04 Å². The summed E-state index contributed by atoms with van der Waals surface area (Å²) >= 11 is 0. The van der Waals surface area contributed by atoms with Crippen LogP contribution in [0.25, 0.3) is 0 Å². The van der Waals surface area contributed by atoms with Crippen LogP contribution >= 0.6 is 0 Å². The summed E-state index contributed by atoms with van der Waals surface area (Å²) in [6, 6.07) is 1.98. The number of aromatic nitrogens is 4. The van der Waals surface area contributed by atoms with Crippen molar-refractivity contribution in [1.82, 2.24) is 24.4 Å². The lowest BCUT2D eigenvalue weighted by atomic mass is 10.0. The summed E-state index contributed by atoms with van der Waals surface area (Å²) in [5, 5.41) is 0. The zero-order chi connectivity index (χ0) is 16.4. The van der Waals surface area contributed by atoms with E-state index in [2.05, 4.69) is 33.4 Å².